The van der Waals surface area contributed by atoms with Gasteiger partial charge in [0, 0.05) is 30.8 Å². The third kappa shape index (κ3) is 5.14. The molecule has 0 amide bonds. The molecule has 7 heteroatoms. The van der Waals surface area contributed by atoms with Crippen LogP contribution in [0.1, 0.15) is 32.1 Å². The standard InChI is InChI=1S/C27H35N3O4/c1-29-22(18-24(31)27-23(29)16-20(32-2)17-26(27)33-3)19-9-10-25(21(28)15-19)34-14-8-7-13-30-11-5-4-6-12-30/h9-10,15-18H,4-8,11-14,28H2,1-3H3. The van der Waals surface area contributed by atoms with Crippen molar-refractivity contribution in [2.45, 2.75) is 32.1 Å². The van der Waals surface area contributed by atoms with Crippen LogP contribution in [0.4, 0.5) is 5.69 Å². The van der Waals surface area contributed by atoms with Crippen LogP contribution in [0.2, 0.25) is 0 Å². The number of pyridine rings is 1. The van der Waals surface area contributed by atoms with Crippen molar-refractivity contribution in [1.82, 2.24) is 9.47 Å². The fraction of sp³-hybridized carbons (Fsp3) is 0.444. The highest BCUT2D eigenvalue weighted by molar-refractivity contribution is 5.89. The number of piperidine rings is 1. The molecule has 3 aromatic rings. The number of benzene rings is 2. The number of ether oxygens (including phenoxy) is 3. The third-order valence-corrected chi connectivity index (χ3v) is 6.63. The molecule has 0 bridgehead atoms. The van der Waals surface area contributed by atoms with E-state index in [2.05, 4.69) is 4.90 Å². The van der Waals surface area contributed by atoms with Crippen LogP contribution in [0.15, 0.2) is 41.2 Å². The molecular formula is C27H35N3O4. The lowest BCUT2D eigenvalue weighted by molar-refractivity contribution is 0.216. The van der Waals surface area contributed by atoms with Crippen molar-refractivity contribution >= 4 is 16.6 Å². The molecule has 1 aromatic heterocycles. The summed E-state index contributed by atoms with van der Waals surface area (Å²) in [5.74, 6) is 1.79. The number of fused-ring (bicyclic) bond motifs is 1. The van der Waals surface area contributed by atoms with Gasteiger partial charge < -0.3 is 29.4 Å². The number of hydrogen-bond donors (Lipinski definition) is 1. The number of nitrogens with two attached hydrogens (primary N) is 1. The summed E-state index contributed by atoms with van der Waals surface area (Å²) in [6.07, 6.45) is 6.14. The Morgan fingerprint density at radius 2 is 1.74 bits per heavy atom. The molecule has 1 saturated heterocycles. The van der Waals surface area contributed by atoms with Crippen molar-refractivity contribution in [1.29, 1.82) is 0 Å². The minimum absolute atomic E-state index is 0.116. The summed E-state index contributed by atoms with van der Waals surface area (Å²) in [7, 11) is 5.06. The molecular weight excluding hydrogens is 430 g/mol. The van der Waals surface area contributed by atoms with Gasteiger partial charge in [0.05, 0.1) is 43.1 Å². The van der Waals surface area contributed by atoms with Crippen LogP contribution >= 0.6 is 0 Å². The number of nitrogens with zero attached hydrogens (tertiary/aromatic N) is 2. The van der Waals surface area contributed by atoms with E-state index in [1.165, 1.54) is 32.4 Å². The fourth-order valence-electron chi connectivity index (χ4n) is 4.71. The summed E-state index contributed by atoms with van der Waals surface area (Å²) < 4.78 is 18.8. The Morgan fingerprint density at radius 3 is 2.44 bits per heavy atom. The molecule has 7 nitrogen and oxygen atoms in total. The van der Waals surface area contributed by atoms with Gasteiger partial charge in [0.1, 0.15) is 17.2 Å². The van der Waals surface area contributed by atoms with Crippen LogP contribution in [0, 0.1) is 0 Å². The highest BCUT2D eigenvalue weighted by Gasteiger charge is 2.15. The zero-order valence-electron chi connectivity index (χ0n) is 20.4. The van der Waals surface area contributed by atoms with Gasteiger partial charge in [0.15, 0.2) is 5.43 Å². The van der Waals surface area contributed by atoms with Gasteiger partial charge in [0.2, 0.25) is 0 Å². The minimum atomic E-state index is -0.116. The molecule has 1 aliphatic rings. The van der Waals surface area contributed by atoms with Gasteiger partial charge in [-0.05, 0) is 63.5 Å². The molecule has 0 spiro atoms. The Kier molecular flexibility index (Phi) is 7.63. The Balaban J connectivity index is 1.49. The highest BCUT2D eigenvalue weighted by atomic mass is 16.5. The summed E-state index contributed by atoms with van der Waals surface area (Å²) >= 11 is 0. The maximum absolute atomic E-state index is 13.0. The van der Waals surface area contributed by atoms with Crippen LogP contribution in [0.3, 0.4) is 0 Å². The summed E-state index contributed by atoms with van der Waals surface area (Å²) in [6.45, 7) is 4.24. The molecule has 182 valence electrons. The maximum atomic E-state index is 13.0. The van der Waals surface area contributed by atoms with E-state index in [-0.39, 0.29) is 5.43 Å². The number of methoxy groups -OCH3 is 2. The predicted molar refractivity (Wildman–Crippen MR) is 137 cm³/mol. The van der Waals surface area contributed by atoms with E-state index in [0.29, 0.717) is 34.9 Å². The molecule has 0 radical (unpaired) electrons. The lowest BCUT2D eigenvalue weighted by Gasteiger charge is -2.26. The summed E-state index contributed by atoms with van der Waals surface area (Å²) in [5, 5.41) is 0.520. The molecule has 0 aliphatic carbocycles. The first kappa shape index (κ1) is 24.0. The fourth-order valence-corrected chi connectivity index (χ4v) is 4.71. The van der Waals surface area contributed by atoms with Crippen LogP contribution in [-0.4, -0.2) is 49.9 Å². The Hall–Kier alpha value is -3.19. The molecule has 2 aromatic carbocycles. The zero-order chi connectivity index (χ0) is 24.1. The predicted octanol–water partition coefficient (Wildman–Crippen LogP) is 4.45. The first-order chi connectivity index (χ1) is 16.5. The Labute approximate surface area is 201 Å². The zero-order valence-corrected chi connectivity index (χ0v) is 20.4. The second kappa shape index (κ2) is 10.8. The molecule has 0 atom stereocenters. The quantitative estimate of drug-likeness (QED) is 0.372. The van der Waals surface area contributed by atoms with Gasteiger partial charge in [-0.25, -0.2) is 0 Å². The number of aryl methyl sites for hydroxylation is 1. The van der Waals surface area contributed by atoms with E-state index in [1.54, 1.807) is 26.4 Å². The van der Waals surface area contributed by atoms with Crippen LogP contribution in [-0.2, 0) is 7.05 Å². The van der Waals surface area contributed by atoms with Crippen molar-refractivity contribution in [2.75, 3.05) is 46.2 Å². The number of anilines is 1. The van der Waals surface area contributed by atoms with Gasteiger partial charge in [-0.2, -0.15) is 0 Å². The molecule has 1 fully saturated rings. The normalized spacial score (nSPS) is 14.3. The van der Waals surface area contributed by atoms with E-state index < -0.39 is 0 Å². The van der Waals surface area contributed by atoms with Crippen LogP contribution in [0.5, 0.6) is 17.2 Å². The average molecular weight is 466 g/mol. The lowest BCUT2D eigenvalue weighted by atomic mass is 10.1. The van der Waals surface area contributed by atoms with E-state index in [1.807, 2.05) is 35.9 Å². The molecule has 34 heavy (non-hydrogen) atoms. The van der Waals surface area contributed by atoms with Crippen molar-refractivity contribution in [3.05, 3.63) is 46.6 Å². The van der Waals surface area contributed by atoms with E-state index in [9.17, 15) is 4.79 Å². The highest BCUT2D eigenvalue weighted by Crippen LogP contribution is 2.33. The van der Waals surface area contributed by atoms with Crippen molar-refractivity contribution < 1.29 is 14.2 Å². The number of aromatic nitrogens is 1. The van der Waals surface area contributed by atoms with Gasteiger partial charge in [0.25, 0.3) is 0 Å². The van der Waals surface area contributed by atoms with Crippen molar-refractivity contribution in [2.24, 2.45) is 7.05 Å². The van der Waals surface area contributed by atoms with Crippen LogP contribution in [0.25, 0.3) is 22.2 Å². The van der Waals surface area contributed by atoms with Gasteiger partial charge in [-0.15, -0.1) is 0 Å². The summed E-state index contributed by atoms with van der Waals surface area (Å²) in [6, 6.07) is 10.9. The smallest absolute Gasteiger partial charge is 0.193 e. The van der Waals surface area contributed by atoms with Gasteiger partial charge >= 0.3 is 0 Å². The molecule has 2 N–H and O–H groups in total. The molecule has 1 aliphatic heterocycles. The summed E-state index contributed by atoms with van der Waals surface area (Å²) in [5.41, 5.74) is 9.10. The van der Waals surface area contributed by atoms with Gasteiger partial charge in [-0.1, -0.05) is 6.42 Å². The Bertz CT molecular complexity index is 1200. The monoisotopic (exact) mass is 465 g/mol. The van der Waals surface area contributed by atoms with E-state index >= 15 is 0 Å². The van der Waals surface area contributed by atoms with Crippen molar-refractivity contribution in [3.8, 4) is 28.5 Å². The largest absolute Gasteiger partial charge is 0.497 e. The Morgan fingerprint density at radius 1 is 0.941 bits per heavy atom. The van der Waals surface area contributed by atoms with Crippen LogP contribution < -0.4 is 25.4 Å². The maximum Gasteiger partial charge on any atom is 0.193 e. The number of hydrogen-bond acceptors (Lipinski definition) is 6. The molecule has 0 unspecified atom stereocenters. The lowest BCUT2D eigenvalue weighted by Crippen LogP contribution is -2.30. The number of unbranched alkanes of at least 4 members (excludes halogenated alkanes) is 1. The first-order valence-electron chi connectivity index (χ1n) is 12.0. The molecule has 4 rings (SSSR count). The second-order valence-corrected chi connectivity index (χ2v) is 8.89. The first-order valence-corrected chi connectivity index (χ1v) is 12.0. The second-order valence-electron chi connectivity index (χ2n) is 8.89. The third-order valence-electron chi connectivity index (χ3n) is 6.63. The summed E-state index contributed by atoms with van der Waals surface area (Å²) in [4.78, 5) is 15.5. The number of likely N-dealkylation sites (tertiary alicyclic amines) is 1. The topological polar surface area (TPSA) is 79.0 Å². The van der Waals surface area contributed by atoms with E-state index in [0.717, 1.165) is 36.2 Å². The number of nitrogen functional groups attached to an aromatic ring is 1. The average Bonchev–Trinajstić information content (AvgIpc) is 2.86. The number of rotatable bonds is 9. The SMILES string of the molecule is COc1cc(OC)c2c(=O)cc(-c3ccc(OCCCCN4CCCCC4)c(N)c3)n(C)c2c1. The molecule has 2 heterocycles. The minimum Gasteiger partial charge on any atom is -0.497 e. The van der Waals surface area contributed by atoms with E-state index in [4.69, 9.17) is 19.9 Å². The van der Waals surface area contributed by atoms with Gasteiger partial charge in [-0.3, -0.25) is 4.79 Å². The van der Waals surface area contributed by atoms with Crippen molar-refractivity contribution in [3.63, 3.8) is 0 Å². The molecule has 0 saturated carbocycles.